The molecule has 1 aliphatic rings. The molecule has 3 heteroatoms. The summed E-state index contributed by atoms with van der Waals surface area (Å²) in [5.41, 5.74) is 10.2. The highest BCUT2D eigenvalue weighted by atomic mass is 32.2. The second-order valence-electron chi connectivity index (χ2n) is 3.52. The normalized spacial score (nSPS) is 14.1. The maximum atomic E-state index is 6.15. The van der Waals surface area contributed by atoms with Crippen LogP contribution in [0.4, 0.5) is 5.69 Å². The van der Waals surface area contributed by atoms with Crippen LogP contribution in [0.1, 0.15) is 11.3 Å². The molecule has 3 rings (SSSR count). The van der Waals surface area contributed by atoms with E-state index in [1.807, 2.05) is 30.3 Å². The van der Waals surface area contributed by atoms with Gasteiger partial charge < -0.3 is 5.73 Å². The highest BCUT2D eigenvalue weighted by Crippen LogP contribution is 2.32. The smallest absolute Gasteiger partial charge is 0.0730 e. The molecule has 2 nitrogen and oxygen atoms in total. The van der Waals surface area contributed by atoms with Crippen molar-refractivity contribution < 1.29 is 0 Å². The molecule has 0 radical (unpaired) electrons. The van der Waals surface area contributed by atoms with Crippen molar-refractivity contribution in [3.63, 3.8) is 0 Å². The van der Waals surface area contributed by atoms with Crippen LogP contribution in [0, 0.1) is 0 Å². The summed E-state index contributed by atoms with van der Waals surface area (Å²) in [6.07, 6.45) is 2.03. The van der Waals surface area contributed by atoms with E-state index >= 15 is 0 Å². The Morgan fingerprint density at radius 1 is 1.27 bits per heavy atom. The Labute approximate surface area is 92.2 Å². The number of aromatic nitrogens is 1. The van der Waals surface area contributed by atoms with Gasteiger partial charge in [0.1, 0.15) is 0 Å². The number of hydrogen-bond donors (Lipinski definition) is 1. The Morgan fingerprint density at radius 3 is 3.07 bits per heavy atom. The summed E-state index contributed by atoms with van der Waals surface area (Å²) >= 11 is 1.76. The molecule has 1 aromatic heterocycles. The number of pyridine rings is 1. The minimum Gasteiger partial charge on any atom is -0.398 e. The lowest BCUT2D eigenvalue weighted by atomic mass is 10.1. The Kier molecular flexibility index (Phi) is 1.92. The molecule has 2 heterocycles. The van der Waals surface area contributed by atoms with Gasteiger partial charge in [0.15, 0.2) is 0 Å². The Balaban J connectivity index is 2.42. The van der Waals surface area contributed by atoms with E-state index in [2.05, 4.69) is 10.4 Å². The molecule has 0 amide bonds. The van der Waals surface area contributed by atoms with Crippen molar-refractivity contribution in [1.82, 2.24) is 4.98 Å². The summed E-state index contributed by atoms with van der Waals surface area (Å²) in [5.74, 6) is 0.926. The second kappa shape index (κ2) is 3.28. The molecule has 0 fully saturated rings. The van der Waals surface area contributed by atoms with Crippen molar-refractivity contribution in [2.45, 2.75) is 5.75 Å². The number of thioether (sulfide) groups is 1. The van der Waals surface area contributed by atoms with Crippen LogP contribution >= 0.6 is 11.8 Å². The van der Waals surface area contributed by atoms with Crippen molar-refractivity contribution in [3.8, 4) is 0 Å². The molecule has 0 bridgehead atoms. The fourth-order valence-electron chi connectivity index (χ4n) is 1.83. The van der Waals surface area contributed by atoms with Crippen LogP contribution in [-0.4, -0.2) is 4.98 Å². The molecule has 1 aromatic carbocycles. The minimum absolute atomic E-state index is 0.882. The number of benzene rings is 1. The summed E-state index contributed by atoms with van der Waals surface area (Å²) in [5, 5.41) is 3.14. The quantitative estimate of drug-likeness (QED) is 0.732. The Bertz CT molecular complexity index is 561. The van der Waals surface area contributed by atoms with Gasteiger partial charge in [-0.1, -0.05) is 18.2 Å². The third-order valence-corrected chi connectivity index (χ3v) is 3.40. The standard InChI is InChI=1S/C12H10N2S/c13-12-8-3-1-2-4-10(8)14-11-5-6-15-7-9(11)12/h1-6H,7H2,(H2,13,14). The molecule has 0 atom stereocenters. The Morgan fingerprint density at radius 2 is 2.13 bits per heavy atom. The van der Waals surface area contributed by atoms with E-state index in [1.165, 1.54) is 5.56 Å². The number of nitrogens with zero attached hydrogens (tertiary/aromatic N) is 1. The van der Waals surface area contributed by atoms with Crippen LogP contribution in [0.15, 0.2) is 29.7 Å². The minimum atomic E-state index is 0.882. The van der Waals surface area contributed by atoms with Gasteiger partial charge in [0.05, 0.1) is 11.2 Å². The molecule has 74 valence electrons. The number of rotatable bonds is 0. The van der Waals surface area contributed by atoms with E-state index in [0.717, 1.165) is 28.0 Å². The van der Waals surface area contributed by atoms with Crippen molar-refractivity contribution in [2.75, 3.05) is 5.73 Å². The van der Waals surface area contributed by atoms with Gasteiger partial charge in [-0.3, -0.25) is 0 Å². The first-order valence-electron chi connectivity index (χ1n) is 4.81. The number of nitrogens with two attached hydrogens (primary N) is 1. The summed E-state index contributed by atoms with van der Waals surface area (Å²) in [6.45, 7) is 0. The molecule has 0 saturated heterocycles. The van der Waals surface area contributed by atoms with Gasteiger partial charge in [-0.2, -0.15) is 0 Å². The van der Waals surface area contributed by atoms with Crippen LogP contribution in [0.2, 0.25) is 0 Å². The summed E-state index contributed by atoms with van der Waals surface area (Å²) in [6, 6.07) is 8.02. The first-order chi connectivity index (χ1) is 7.36. The SMILES string of the molecule is Nc1c2c(nc3ccccc13)C=CSC2. The highest BCUT2D eigenvalue weighted by Gasteiger charge is 2.12. The van der Waals surface area contributed by atoms with Gasteiger partial charge in [0.2, 0.25) is 0 Å². The average Bonchev–Trinajstić information content (AvgIpc) is 2.30. The molecule has 0 spiro atoms. The van der Waals surface area contributed by atoms with Crippen molar-refractivity contribution in [3.05, 3.63) is 40.9 Å². The average molecular weight is 214 g/mol. The largest absolute Gasteiger partial charge is 0.398 e. The molecular formula is C12H10N2S. The molecule has 0 unspecified atom stereocenters. The van der Waals surface area contributed by atoms with Crippen molar-refractivity contribution in [1.29, 1.82) is 0 Å². The molecule has 0 aliphatic carbocycles. The third kappa shape index (κ3) is 1.31. The molecule has 1 aliphatic heterocycles. The fraction of sp³-hybridized carbons (Fsp3) is 0.0833. The van der Waals surface area contributed by atoms with Gasteiger partial charge in [-0.25, -0.2) is 4.98 Å². The lowest BCUT2D eigenvalue weighted by Crippen LogP contribution is -2.01. The summed E-state index contributed by atoms with van der Waals surface area (Å²) in [4.78, 5) is 4.60. The van der Waals surface area contributed by atoms with E-state index in [0.29, 0.717) is 0 Å². The van der Waals surface area contributed by atoms with Gasteiger partial charge in [0, 0.05) is 22.4 Å². The molecule has 2 N–H and O–H groups in total. The van der Waals surface area contributed by atoms with Gasteiger partial charge in [0.25, 0.3) is 0 Å². The van der Waals surface area contributed by atoms with Crippen LogP contribution < -0.4 is 5.73 Å². The molecule has 0 saturated carbocycles. The lowest BCUT2D eigenvalue weighted by Gasteiger charge is -2.14. The summed E-state index contributed by atoms with van der Waals surface area (Å²) < 4.78 is 0. The third-order valence-electron chi connectivity index (χ3n) is 2.62. The second-order valence-corrected chi connectivity index (χ2v) is 4.41. The molecule has 2 aromatic rings. The van der Waals surface area contributed by atoms with Crippen LogP contribution in [0.5, 0.6) is 0 Å². The highest BCUT2D eigenvalue weighted by molar-refractivity contribution is 8.01. The van der Waals surface area contributed by atoms with Crippen molar-refractivity contribution in [2.24, 2.45) is 0 Å². The first kappa shape index (κ1) is 8.80. The number of para-hydroxylation sites is 1. The zero-order valence-corrected chi connectivity index (χ0v) is 8.92. The van der Waals surface area contributed by atoms with E-state index in [-0.39, 0.29) is 0 Å². The number of nitrogen functional groups attached to an aromatic ring is 1. The van der Waals surface area contributed by atoms with Gasteiger partial charge >= 0.3 is 0 Å². The lowest BCUT2D eigenvalue weighted by molar-refractivity contribution is 1.27. The van der Waals surface area contributed by atoms with Crippen molar-refractivity contribution >= 4 is 34.4 Å². The Hall–Kier alpha value is -1.48. The van der Waals surface area contributed by atoms with Gasteiger partial charge in [-0.05, 0) is 17.6 Å². The predicted molar refractivity (Wildman–Crippen MR) is 66.5 cm³/mol. The number of fused-ring (bicyclic) bond motifs is 2. The van der Waals surface area contributed by atoms with Crippen LogP contribution in [-0.2, 0) is 5.75 Å². The first-order valence-corrected chi connectivity index (χ1v) is 5.86. The monoisotopic (exact) mass is 214 g/mol. The van der Waals surface area contributed by atoms with Crippen LogP contribution in [0.25, 0.3) is 17.0 Å². The summed E-state index contributed by atoms with van der Waals surface area (Å²) in [7, 11) is 0. The van der Waals surface area contributed by atoms with E-state index in [9.17, 15) is 0 Å². The van der Waals surface area contributed by atoms with E-state index in [1.54, 1.807) is 11.8 Å². The maximum absolute atomic E-state index is 6.15. The zero-order chi connectivity index (χ0) is 10.3. The van der Waals surface area contributed by atoms with E-state index < -0.39 is 0 Å². The van der Waals surface area contributed by atoms with Gasteiger partial charge in [-0.15, -0.1) is 11.8 Å². The number of hydrogen-bond acceptors (Lipinski definition) is 3. The predicted octanol–water partition coefficient (Wildman–Crippen LogP) is 3.03. The molecule has 15 heavy (non-hydrogen) atoms. The van der Waals surface area contributed by atoms with Crippen LogP contribution in [0.3, 0.4) is 0 Å². The molecular weight excluding hydrogens is 204 g/mol. The number of anilines is 1. The maximum Gasteiger partial charge on any atom is 0.0730 e. The zero-order valence-electron chi connectivity index (χ0n) is 8.10. The van der Waals surface area contributed by atoms with E-state index in [4.69, 9.17) is 5.73 Å². The topological polar surface area (TPSA) is 38.9 Å². The fourth-order valence-corrected chi connectivity index (χ4v) is 2.62.